The Morgan fingerprint density at radius 1 is 0.226 bits per heavy atom. The highest BCUT2D eigenvalue weighted by Crippen LogP contribution is 2.48. The summed E-state index contributed by atoms with van der Waals surface area (Å²) in [5.41, 5.74) is 13.9. The van der Waals surface area contributed by atoms with E-state index in [0.717, 1.165) is 39.8 Å². The van der Waals surface area contributed by atoms with Crippen LogP contribution < -0.4 is 72.6 Å². The average molecular weight is 1100 g/mol. The normalized spacial score (nSPS) is 12.5. The standard InChI is InChI=1S/C78H58BN3Si2/c1-9-31-59(32-10-1)80(60-33-11-2-12-34-60)63-57-76-78-77(58-63)82(62-36-30-50-71(56-62)84(67-43-19-6-20-44-67,68-45-21-7-22-46-68)69-47-23-8-24-48-69)75-54-28-26-52-73(75)79(78)72-51-25-27-53-74(72)81(76)61-35-29-49-70(55-61)83(64-37-13-3-14-38-64,65-39-15-4-16-40-65)66-41-17-5-18-42-66/h1-58H. The van der Waals surface area contributed by atoms with E-state index in [1.54, 1.807) is 0 Å². The molecule has 0 aliphatic carbocycles. The number of hydrogen-bond acceptors (Lipinski definition) is 3. The van der Waals surface area contributed by atoms with Crippen molar-refractivity contribution in [2.45, 2.75) is 0 Å². The Morgan fingerprint density at radius 3 is 0.821 bits per heavy atom. The molecule has 13 aromatic carbocycles. The molecule has 0 saturated heterocycles. The van der Waals surface area contributed by atoms with Gasteiger partial charge in [0.25, 0.3) is 6.71 Å². The smallest absolute Gasteiger partial charge is 0.252 e. The minimum absolute atomic E-state index is 0.0740. The second kappa shape index (κ2) is 21.6. The van der Waals surface area contributed by atoms with Gasteiger partial charge < -0.3 is 14.7 Å². The summed E-state index contributed by atoms with van der Waals surface area (Å²) in [5, 5.41) is 10.7. The van der Waals surface area contributed by atoms with Crippen LogP contribution in [-0.4, -0.2) is 22.9 Å². The number of anilines is 9. The molecule has 84 heavy (non-hydrogen) atoms. The number of para-hydroxylation sites is 4. The predicted molar refractivity (Wildman–Crippen MR) is 362 cm³/mol. The third-order valence-corrected chi connectivity index (χ3v) is 27.0. The molecule has 13 aromatic rings. The van der Waals surface area contributed by atoms with Gasteiger partial charge in [-0.3, -0.25) is 0 Å². The monoisotopic (exact) mass is 1100 g/mol. The quantitative estimate of drug-likeness (QED) is 0.0841. The third kappa shape index (κ3) is 8.32. The summed E-state index contributed by atoms with van der Waals surface area (Å²) in [6, 6.07) is 132. The van der Waals surface area contributed by atoms with Gasteiger partial charge in [0, 0.05) is 45.5 Å². The van der Waals surface area contributed by atoms with E-state index in [-0.39, 0.29) is 6.71 Å². The maximum absolute atomic E-state index is 2.95. The van der Waals surface area contributed by atoms with E-state index >= 15 is 0 Å². The van der Waals surface area contributed by atoms with E-state index < -0.39 is 16.1 Å². The van der Waals surface area contributed by atoms with Crippen LogP contribution >= 0.6 is 0 Å². The number of rotatable bonds is 13. The molecule has 0 N–H and O–H groups in total. The molecular weight excluding hydrogens is 1050 g/mol. The van der Waals surface area contributed by atoms with Crippen LogP contribution in [0.2, 0.25) is 0 Å². The number of fused-ring (bicyclic) bond motifs is 4. The van der Waals surface area contributed by atoms with Crippen LogP contribution in [-0.2, 0) is 0 Å². The Hall–Kier alpha value is -10.2. The summed E-state index contributed by atoms with van der Waals surface area (Å²) in [4.78, 5) is 7.62. The topological polar surface area (TPSA) is 9.72 Å². The summed E-state index contributed by atoms with van der Waals surface area (Å²) in [6.45, 7) is -0.0740. The van der Waals surface area contributed by atoms with Crippen LogP contribution in [0.15, 0.2) is 352 Å². The van der Waals surface area contributed by atoms with Crippen molar-refractivity contribution >= 4 is 132 Å². The second-order valence-corrected chi connectivity index (χ2v) is 29.5. The zero-order valence-corrected chi connectivity index (χ0v) is 48.4. The van der Waals surface area contributed by atoms with Crippen molar-refractivity contribution in [2.75, 3.05) is 14.7 Å². The van der Waals surface area contributed by atoms with Crippen molar-refractivity contribution < 1.29 is 0 Å². The van der Waals surface area contributed by atoms with E-state index in [1.807, 2.05) is 0 Å². The van der Waals surface area contributed by atoms with E-state index in [9.17, 15) is 0 Å². The molecule has 0 atom stereocenters. The number of nitrogens with zero attached hydrogens (tertiary/aromatic N) is 3. The fourth-order valence-electron chi connectivity index (χ4n) is 14.1. The van der Waals surface area contributed by atoms with E-state index in [2.05, 4.69) is 367 Å². The highest BCUT2D eigenvalue weighted by molar-refractivity contribution is 7.20. The van der Waals surface area contributed by atoms with Gasteiger partial charge in [0.2, 0.25) is 0 Å². The minimum atomic E-state index is -2.95. The second-order valence-electron chi connectivity index (χ2n) is 21.9. The lowest BCUT2D eigenvalue weighted by molar-refractivity contribution is 1.23. The summed E-state index contributed by atoms with van der Waals surface area (Å²) in [7, 11) is -5.90. The van der Waals surface area contributed by atoms with Crippen LogP contribution in [0.25, 0.3) is 0 Å². The van der Waals surface area contributed by atoms with Crippen molar-refractivity contribution in [1.82, 2.24) is 0 Å². The summed E-state index contributed by atoms with van der Waals surface area (Å²) in [6.07, 6.45) is 0. The fraction of sp³-hybridized carbons (Fsp3) is 0. The van der Waals surface area contributed by atoms with Crippen molar-refractivity contribution in [3.8, 4) is 0 Å². The Morgan fingerprint density at radius 2 is 0.500 bits per heavy atom. The highest BCUT2D eigenvalue weighted by Gasteiger charge is 2.47. The Bertz CT molecular complexity index is 3970. The number of benzene rings is 13. The van der Waals surface area contributed by atoms with Gasteiger partial charge in [0.15, 0.2) is 16.1 Å². The summed E-state index contributed by atoms with van der Waals surface area (Å²) in [5.74, 6) is 0. The Labute approximate surface area is 495 Å². The predicted octanol–water partition coefficient (Wildman–Crippen LogP) is 12.0. The van der Waals surface area contributed by atoms with Gasteiger partial charge in [-0.1, -0.05) is 279 Å². The molecule has 0 saturated carbocycles. The zero-order valence-electron chi connectivity index (χ0n) is 46.4. The molecule has 0 amide bonds. The first-order valence-corrected chi connectivity index (χ1v) is 33.1. The summed E-state index contributed by atoms with van der Waals surface area (Å²) < 4.78 is 0. The molecule has 0 aromatic heterocycles. The van der Waals surface area contributed by atoms with Gasteiger partial charge in [0.05, 0.1) is 5.69 Å². The lowest BCUT2D eigenvalue weighted by atomic mass is 9.33. The lowest BCUT2D eigenvalue weighted by Crippen LogP contribution is -2.74. The minimum Gasteiger partial charge on any atom is -0.311 e. The van der Waals surface area contributed by atoms with Crippen molar-refractivity contribution in [3.63, 3.8) is 0 Å². The first-order chi connectivity index (χ1) is 41.7. The van der Waals surface area contributed by atoms with Crippen LogP contribution in [0.1, 0.15) is 0 Å². The average Bonchev–Trinajstić information content (AvgIpc) is 1.46. The van der Waals surface area contributed by atoms with Gasteiger partial charge in [-0.15, -0.1) is 0 Å². The van der Waals surface area contributed by atoms with E-state index in [4.69, 9.17) is 0 Å². The molecule has 2 aliphatic heterocycles. The van der Waals surface area contributed by atoms with Gasteiger partial charge in [-0.25, -0.2) is 0 Å². The van der Waals surface area contributed by atoms with E-state index in [0.29, 0.717) is 0 Å². The molecule has 396 valence electrons. The van der Waals surface area contributed by atoms with Gasteiger partial charge in [-0.2, -0.15) is 0 Å². The largest absolute Gasteiger partial charge is 0.311 e. The van der Waals surface area contributed by atoms with Crippen LogP contribution in [0.5, 0.6) is 0 Å². The van der Waals surface area contributed by atoms with Crippen molar-refractivity contribution in [3.05, 3.63) is 352 Å². The molecule has 0 spiro atoms. The maximum Gasteiger partial charge on any atom is 0.252 e. The molecule has 15 rings (SSSR count). The Kier molecular flexibility index (Phi) is 13.0. The molecule has 2 aliphatic rings. The van der Waals surface area contributed by atoms with E-state index in [1.165, 1.54) is 69.3 Å². The van der Waals surface area contributed by atoms with Gasteiger partial charge in [-0.05, 0) is 131 Å². The molecule has 0 fully saturated rings. The SMILES string of the molecule is c1ccc(N(c2ccccc2)c2cc3c4c(c2)N(c2cccc([Si](c5ccccc5)(c5ccccc5)c5ccccc5)c2)c2ccccc2B4c2ccccc2N3c2cccc([Si](c3ccccc3)(c3ccccc3)c3ccccc3)c2)cc1. The molecule has 0 radical (unpaired) electrons. The molecular formula is C78H58BN3Si2. The Balaban J connectivity index is 1.03. The van der Waals surface area contributed by atoms with Crippen LogP contribution in [0, 0.1) is 0 Å². The molecule has 2 heterocycles. The first kappa shape index (κ1) is 50.7. The third-order valence-electron chi connectivity index (χ3n) is 17.5. The van der Waals surface area contributed by atoms with Gasteiger partial charge in [0.1, 0.15) is 0 Å². The van der Waals surface area contributed by atoms with Gasteiger partial charge >= 0.3 is 0 Å². The number of hydrogen-bond donors (Lipinski definition) is 0. The van der Waals surface area contributed by atoms with Crippen molar-refractivity contribution in [1.29, 1.82) is 0 Å². The molecule has 6 heteroatoms. The molecule has 0 bridgehead atoms. The maximum atomic E-state index is 2.59. The highest BCUT2D eigenvalue weighted by atomic mass is 28.3. The fourth-order valence-corrected chi connectivity index (χ4v) is 23.6. The molecule has 0 unspecified atom stereocenters. The van der Waals surface area contributed by atoms with Crippen molar-refractivity contribution in [2.24, 2.45) is 0 Å². The van der Waals surface area contributed by atoms with Crippen LogP contribution in [0.4, 0.5) is 51.2 Å². The lowest BCUT2D eigenvalue weighted by Gasteiger charge is -2.45. The molecule has 3 nitrogen and oxygen atoms in total. The van der Waals surface area contributed by atoms with Crippen LogP contribution in [0.3, 0.4) is 0 Å². The summed E-state index contributed by atoms with van der Waals surface area (Å²) >= 11 is 0. The first-order valence-electron chi connectivity index (χ1n) is 29.1. The zero-order chi connectivity index (χ0) is 55.9.